The highest BCUT2D eigenvalue weighted by Crippen LogP contribution is 2.26. The molecule has 0 radical (unpaired) electrons. The first-order valence-corrected chi connectivity index (χ1v) is 11.7. The lowest BCUT2D eigenvalue weighted by Gasteiger charge is -2.23. The zero-order chi connectivity index (χ0) is 24.0. The lowest BCUT2D eigenvalue weighted by atomic mass is 10.1. The number of nitrogens with one attached hydrogen (secondary N) is 1. The van der Waals surface area contributed by atoms with Crippen molar-refractivity contribution in [3.63, 3.8) is 0 Å². The smallest absolute Gasteiger partial charge is 0.410 e. The maximum absolute atomic E-state index is 13.3. The van der Waals surface area contributed by atoms with Gasteiger partial charge < -0.3 is 10.1 Å². The molecule has 1 aliphatic heterocycles. The van der Waals surface area contributed by atoms with Crippen molar-refractivity contribution in [1.82, 2.24) is 14.7 Å². The van der Waals surface area contributed by atoms with Crippen LogP contribution in [0, 0.1) is 0 Å². The van der Waals surface area contributed by atoms with Crippen molar-refractivity contribution in [1.29, 1.82) is 0 Å². The topological polar surface area (TPSA) is 76.5 Å². The SMILES string of the molecule is O=C(Nc1cc(-c2ccccc2)nn1-c1ccccc1)C1CCCN1C(=O)OCc1ccccc1. The average Bonchev–Trinajstić information content (AvgIpc) is 3.57. The minimum absolute atomic E-state index is 0.172. The molecule has 7 nitrogen and oxygen atoms in total. The predicted molar refractivity (Wildman–Crippen MR) is 134 cm³/mol. The Morgan fingerprint density at radius 3 is 2.29 bits per heavy atom. The molecule has 3 aromatic carbocycles. The minimum atomic E-state index is -0.599. The van der Waals surface area contributed by atoms with Crippen molar-refractivity contribution in [3.05, 3.63) is 103 Å². The molecule has 1 saturated heterocycles. The highest BCUT2D eigenvalue weighted by molar-refractivity contribution is 5.97. The number of nitrogens with zero attached hydrogens (tertiary/aromatic N) is 3. The molecular weight excluding hydrogens is 440 g/mol. The zero-order valence-electron chi connectivity index (χ0n) is 19.2. The molecule has 2 heterocycles. The summed E-state index contributed by atoms with van der Waals surface area (Å²) in [6, 6.07) is 30.2. The Hall–Kier alpha value is -4.39. The molecule has 5 rings (SSSR count). The molecule has 0 saturated carbocycles. The van der Waals surface area contributed by atoms with E-state index in [1.54, 1.807) is 4.68 Å². The first-order chi connectivity index (χ1) is 17.2. The van der Waals surface area contributed by atoms with Gasteiger partial charge in [0.15, 0.2) is 0 Å². The quantitative estimate of drug-likeness (QED) is 0.420. The van der Waals surface area contributed by atoms with Crippen LogP contribution in [0.5, 0.6) is 0 Å². The number of carbonyl (C=O) groups is 2. The Balaban J connectivity index is 1.34. The van der Waals surface area contributed by atoms with E-state index in [-0.39, 0.29) is 12.5 Å². The second kappa shape index (κ2) is 10.3. The number of aromatic nitrogens is 2. The van der Waals surface area contributed by atoms with Gasteiger partial charge in [0.2, 0.25) is 5.91 Å². The van der Waals surface area contributed by atoms with E-state index >= 15 is 0 Å². The van der Waals surface area contributed by atoms with Crippen molar-refractivity contribution in [3.8, 4) is 16.9 Å². The molecule has 1 unspecified atom stereocenters. The number of para-hydroxylation sites is 1. The number of anilines is 1. The number of likely N-dealkylation sites (tertiary alicyclic amines) is 1. The average molecular weight is 467 g/mol. The van der Waals surface area contributed by atoms with E-state index in [0.29, 0.717) is 18.8 Å². The van der Waals surface area contributed by atoms with Crippen molar-refractivity contribution >= 4 is 17.8 Å². The van der Waals surface area contributed by atoms with E-state index in [1.807, 2.05) is 97.1 Å². The Morgan fingerprint density at radius 1 is 0.914 bits per heavy atom. The predicted octanol–water partition coefficient (Wildman–Crippen LogP) is 5.28. The highest BCUT2D eigenvalue weighted by Gasteiger charge is 2.35. The lowest BCUT2D eigenvalue weighted by Crippen LogP contribution is -2.43. The summed E-state index contributed by atoms with van der Waals surface area (Å²) in [5.41, 5.74) is 3.43. The number of hydrogen-bond acceptors (Lipinski definition) is 4. The number of benzene rings is 3. The minimum Gasteiger partial charge on any atom is -0.445 e. The van der Waals surface area contributed by atoms with Gasteiger partial charge in [0.05, 0.1) is 11.4 Å². The summed E-state index contributed by atoms with van der Waals surface area (Å²) in [6.45, 7) is 0.657. The first-order valence-electron chi connectivity index (χ1n) is 11.7. The van der Waals surface area contributed by atoms with Gasteiger partial charge in [-0.25, -0.2) is 9.48 Å². The summed E-state index contributed by atoms with van der Waals surface area (Å²) in [6.07, 6.45) is 0.844. The van der Waals surface area contributed by atoms with Crippen LogP contribution in [-0.2, 0) is 16.1 Å². The third kappa shape index (κ3) is 5.09. The fourth-order valence-corrected chi connectivity index (χ4v) is 4.26. The van der Waals surface area contributed by atoms with Gasteiger partial charge in [-0.05, 0) is 30.5 Å². The van der Waals surface area contributed by atoms with Crippen molar-refractivity contribution in [2.45, 2.75) is 25.5 Å². The largest absolute Gasteiger partial charge is 0.445 e. The molecule has 1 N–H and O–H groups in total. The van der Waals surface area contributed by atoms with Crippen LogP contribution >= 0.6 is 0 Å². The molecular formula is C28H26N4O3. The highest BCUT2D eigenvalue weighted by atomic mass is 16.6. The molecule has 7 heteroatoms. The van der Waals surface area contributed by atoms with E-state index in [9.17, 15) is 9.59 Å². The summed E-state index contributed by atoms with van der Waals surface area (Å²) in [7, 11) is 0. The summed E-state index contributed by atoms with van der Waals surface area (Å²) in [4.78, 5) is 27.6. The molecule has 0 spiro atoms. The number of carbonyl (C=O) groups excluding carboxylic acids is 2. The lowest BCUT2D eigenvalue weighted by molar-refractivity contribution is -0.120. The van der Waals surface area contributed by atoms with Gasteiger partial charge in [0.1, 0.15) is 18.5 Å². The van der Waals surface area contributed by atoms with Crippen molar-refractivity contribution < 1.29 is 14.3 Å². The monoisotopic (exact) mass is 466 g/mol. The molecule has 1 atom stereocenters. The third-order valence-electron chi connectivity index (χ3n) is 6.03. The Kier molecular flexibility index (Phi) is 6.57. The van der Waals surface area contributed by atoms with Crippen molar-refractivity contribution in [2.24, 2.45) is 0 Å². The van der Waals surface area contributed by atoms with Crippen LogP contribution in [0.1, 0.15) is 18.4 Å². The molecule has 2 amide bonds. The number of amides is 2. The fourth-order valence-electron chi connectivity index (χ4n) is 4.26. The van der Waals surface area contributed by atoms with Crippen LogP contribution in [0.4, 0.5) is 10.6 Å². The fraction of sp³-hybridized carbons (Fsp3) is 0.179. The molecule has 1 aromatic heterocycles. The van der Waals surface area contributed by atoms with Crippen LogP contribution in [0.2, 0.25) is 0 Å². The second-order valence-corrected chi connectivity index (χ2v) is 8.41. The Morgan fingerprint density at radius 2 is 1.57 bits per heavy atom. The van der Waals surface area contributed by atoms with E-state index in [2.05, 4.69) is 5.32 Å². The first kappa shape index (κ1) is 22.4. The van der Waals surface area contributed by atoms with Crippen LogP contribution in [-0.4, -0.2) is 39.3 Å². The van der Waals surface area contributed by atoms with E-state index in [0.717, 1.165) is 28.9 Å². The maximum atomic E-state index is 13.3. The molecule has 1 aliphatic rings. The zero-order valence-corrected chi connectivity index (χ0v) is 19.2. The third-order valence-corrected chi connectivity index (χ3v) is 6.03. The number of rotatable bonds is 6. The number of hydrogen-bond donors (Lipinski definition) is 1. The van der Waals surface area contributed by atoms with Gasteiger partial charge >= 0.3 is 6.09 Å². The van der Waals surface area contributed by atoms with E-state index < -0.39 is 12.1 Å². The number of ether oxygens (including phenoxy) is 1. The van der Waals surface area contributed by atoms with Crippen LogP contribution in [0.25, 0.3) is 16.9 Å². The van der Waals surface area contributed by atoms with Gasteiger partial charge in [-0.15, -0.1) is 0 Å². The van der Waals surface area contributed by atoms with E-state index in [1.165, 1.54) is 4.90 Å². The summed E-state index contributed by atoms with van der Waals surface area (Å²) in [5, 5.41) is 7.76. The van der Waals surface area contributed by atoms with Gasteiger partial charge in [0.25, 0.3) is 0 Å². The molecule has 1 fully saturated rings. The van der Waals surface area contributed by atoms with E-state index in [4.69, 9.17) is 9.84 Å². The molecule has 0 aliphatic carbocycles. The second-order valence-electron chi connectivity index (χ2n) is 8.41. The van der Waals surface area contributed by atoms with Crippen LogP contribution < -0.4 is 5.32 Å². The summed E-state index contributed by atoms with van der Waals surface area (Å²) in [5.74, 6) is 0.292. The molecule has 0 bridgehead atoms. The summed E-state index contributed by atoms with van der Waals surface area (Å²) >= 11 is 0. The molecule has 35 heavy (non-hydrogen) atoms. The molecule has 4 aromatic rings. The van der Waals surface area contributed by atoms with Crippen LogP contribution in [0.3, 0.4) is 0 Å². The van der Waals surface area contributed by atoms with Gasteiger partial charge in [0, 0.05) is 18.2 Å². The van der Waals surface area contributed by atoms with Crippen molar-refractivity contribution in [2.75, 3.05) is 11.9 Å². The van der Waals surface area contributed by atoms with Gasteiger partial charge in [-0.3, -0.25) is 9.69 Å². The normalized spacial score (nSPS) is 15.1. The summed E-state index contributed by atoms with van der Waals surface area (Å²) < 4.78 is 7.20. The maximum Gasteiger partial charge on any atom is 0.410 e. The molecule has 176 valence electrons. The Labute approximate surface area is 204 Å². The Bertz CT molecular complexity index is 1290. The van der Waals surface area contributed by atoms with Crippen LogP contribution in [0.15, 0.2) is 97.1 Å². The van der Waals surface area contributed by atoms with Gasteiger partial charge in [-0.1, -0.05) is 78.9 Å². The van der Waals surface area contributed by atoms with Gasteiger partial charge in [-0.2, -0.15) is 5.10 Å². The standard InChI is InChI=1S/C28H26N4O3/c33-27(25-17-10-18-31(25)28(34)35-20-21-11-4-1-5-12-21)29-26-19-24(22-13-6-2-7-14-22)30-32(26)23-15-8-3-9-16-23/h1-9,11-16,19,25H,10,17-18,20H2,(H,29,33).